The van der Waals surface area contributed by atoms with E-state index in [0.29, 0.717) is 38.1 Å². The molecule has 2 aromatic heterocycles. The first-order valence-electron chi connectivity index (χ1n) is 5.50. The molecule has 0 bridgehead atoms. The van der Waals surface area contributed by atoms with Gasteiger partial charge in [-0.3, -0.25) is 4.79 Å². The number of fused-ring (bicyclic) bond motifs is 1. The van der Waals surface area contributed by atoms with Gasteiger partial charge in [0.15, 0.2) is 5.13 Å². The second-order valence-corrected chi connectivity index (χ2v) is 5.40. The average Bonchev–Trinajstić information content (AvgIpc) is 2.77. The van der Waals surface area contributed by atoms with Crippen molar-refractivity contribution in [3.63, 3.8) is 0 Å². The molecular formula is C13H9ClN2O2S. The van der Waals surface area contributed by atoms with Crippen molar-refractivity contribution in [2.24, 2.45) is 0 Å². The molecule has 0 unspecified atom stereocenters. The number of thiazole rings is 1. The highest BCUT2D eigenvalue weighted by Gasteiger charge is 2.15. The van der Waals surface area contributed by atoms with Gasteiger partial charge in [0.05, 0.1) is 16.6 Å². The number of nitrogen functional groups attached to an aromatic ring is 1. The molecule has 2 heterocycles. The van der Waals surface area contributed by atoms with E-state index >= 15 is 0 Å². The number of benzene rings is 1. The zero-order valence-electron chi connectivity index (χ0n) is 9.94. The second-order valence-electron chi connectivity index (χ2n) is 4.07. The van der Waals surface area contributed by atoms with Crippen molar-refractivity contribution in [2.45, 2.75) is 6.92 Å². The van der Waals surface area contributed by atoms with Gasteiger partial charge in [-0.1, -0.05) is 11.6 Å². The van der Waals surface area contributed by atoms with Gasteiger partial charge in [-0.25, -0.2) is 4.98 Å². The Kier molecular flexibility index (Phi) is 2.80. The molecule has 0 aliphatic carbocycles. The van der Waals surface area contributed by atoms with E-state index in [0.717, 1.165) is 0 Å². The standard InChI is InChI=1S/C13H9ClN2O2S/c1-6-11(9-5-19-13(15)16-9)12(17)8-4-7(14)2-3-10(8)18-6/h2-5H,1H3,(H2,15,16). The summed E-state index contributed by atoms with van der Waals surface area (Å²) in [6, 6.07) is 4.97. The zero-order chi connectivity index (χ0) is 13.6. The number of rotatable bonds is 1. The minimum Gasteiger partial charge on any atom is -0.460 e. The first-order valence-corrected chi connectivity index (χ1v) is 6.76. The van der Waals surface area contributed by atoms with Crippen LogP contribution in [0.4, 0.5) is 5.13 Å². The molecule has 0 saturated carbocycles. The minimum atomic E-state index is -0.147. The molecule has 3 rings (SSSR count). The molecular weight excluding hydrogens is 284 g/mol. The summed E-state index contributed by atoms with van der Waals surface area (Å²) in [5, 5.41) is 3.09. The Morgan fingerprint density at radius 2 is 2.21 bits per heavy atom. The molecule has 0 atom stereocenters. The summed E-state index contributed by atoms with van der Waals surface area (Å²) in [5.74, 6) is 0.519. The fraction of sp³-hybridized carbons (Fsp3) is 0.0769. The number of aromatic nitrogens is 1. The van der Waals surface area contributed by atoms with E-state index in [1.54, 1.807) is 30.5 Å². The summed E-state index contributed by atoms with van der Waals surface area (Å²) in [6.07, 6.45) is 0. The van der Waals surface area contributed by atoms with Gasteiger partial charge in [-0.15, -0.1) is 11.3 Å². The van der Waals surface area contributed by atoms with E-state index in [2.05, 4.69) is 4.98 Å². The maximum atomic E-state index is 12.5. The highest BCUT2D eigenvalue weighted by atomic mass is 35.5. The lowest BCUT2D eigenvalue weighted by Crippen LogP contribution is -2.07. The number of aryl methyl sites for hydroxylation is 1. The van der Waals surface area contributed by atoms with Crippen LogP contribution >= 0.6 is 22.9 Å². The monoisotopic (exact) mass is 292 g/mol. The minimum absolute atomic E-state index is 0.147. The SMILES string of the molecule is Cc1oc2ccc(Cl)cc2c(=O)c1-c1csc(N)n1. The highest BCUT2D eigenvalue weighted by molar-refractivity contribution is 7.13. The van der Waals surface area contributed by atoms with Crippen molar-refractivity contribution >= 4 is 39.0 Å². The molecule has 0 radical (unpaired) electrons. The van der Waals surface area contributed by atoms with Crippen LogP contribution in [0.1, 0.15) is 5.76 Å². The van der Waals surface area contributed by atoms with Crippen molar-refractivity contribution in [3.8, 4) is 11.3 Å². The van der Waals surface area contributed by atoms with Crippen molar-refractivity contribution in [1.29, 1.82) is 0 Å². The van der Waals surface area contributed by atoms with Crippen molar-refractivity contribution in [2.75, 3.05) is 5.73 Å². The van der Waals surface area contributed by atoms with Crippen molar-refractivity contribution in [1.82, 2.24) is 4.98 Å². The van der Waals surface area contributed by atoms with E-state index in [1.807, 2.05) is 0 Å². The summed E-state index contributed by atoms with van der Waals surface area (Å²) in [5.41, 5.74) is 6.94. The van der Waals surface area contributed by atoms with Crippen LogP contribution in [0.2, 0.25) is 5.02 Å². The molecule has 0 spiro atoms. The Labute approximate surface area is 117 Å². The maximum Gasteiger partial charge on any atom is 0.202 e. The highest BCUT2D eigenvalue weighted by Crippen LogP contribution is 2.27. The quantitative estimate of drug-likeness (QED) is 0.746. The summed E-state index contributed by atoms with van der Waals surface area (Å²) in [6.45, 7) is 1.74. The first-order chi connectivity index (χ1) is 9.06. The lowest BCUT2D eigenvalue weighted by atomic mass is 10.1. The van der Waals surface area contributed by atoms with Gasteiger partial charge < -0.3 is 10.2 Å². The predicted molar refractivity (Wildman–Crippen MR) is 77.8 cm³/mol. The fourth-order valence-corrected chi connectivity index (χ4v) is 2.70. The van der Waals surface area contributed by atoms with E-state index in [4.69, 9.17) is 21.8 Å². The lowest BCUT2D eigenvalue weighted by molar-refractivity contribution is 0.567. The Hall–Kier alpha value is -1.85. The molecule has 0 fully saturated rings. The van der Waals surface area contributed by atoms with Crippen LogP contribution in [-0.2, 0) is 0 Å². The summed E-state index contributed by atoms with van der Waals surface area (Å²) < 4.78 is 5.66. The molecule has 0 aliphatic heterocycles. The largest absolute Gasteiger partial charge is 0.460 e. The number of hydrogen-bond acceptors (Lipinski definition) is 5. The van der Waals surface area contributed by atoms with Crippen LogP contribution in [0.5, 0.6) is 0 Å². The van der Waals surface area contributed by atoms with Gasteiger partial charge >= 0.3 is 0 Å². The average molecular weight is 293 g/mol. The third-order valence-corrected chi connectivity index (χ3v) is 3.72. The van der Waals surface area contributed by atoms with Gasteiger partial charge in [0.25, 0.3) is 0 Å². The summed E-state index contributed by atoms with van der Waals surface area (Å²) >= 11 is 7.20. The van der Waals surface area contributed by atoms with Crippen molar-refractivity contribution < 1.29 is 4.42 Å². The van der Waals surface area contributed by atoms with Gasteiger partial charge in [0.1, 0.15) is 11.3 Å². The first kappa shape index (κ1) is 12.2. The summed E-state index contributed by atoms with van der Waals surface area (Å²) in [4.78, 5) is 16.7. The number of anilines is 1. The molecule has 0 aliphatic rings. The van der Waals surface area contributed by atoms with Crippen molar-refractivity contribution in [3.05, 3.63) is 44.6 Å². The van der Waals surface area contributed by atoms with E-state index in [1.165, 1.54) is 11.3 Å². The lowest BCUT2D eigenvalue weighted by Gasteiger charge is -2.04. The molecule has 19 heavy (non-hydrogen) atoms. The molecule has 0 amide bonds. The van der Waals surface area contributed by atoms with Gasteiger partial charge in [0, 0.05) is 10.4 Å². The van der Waals surface area contributed by atoms with Crippen LogP contribution in [0, 0.1) is 6.92 Å². The van der Waals surface area contributed by atoms with Gasteiger partial charge in [-0.05, 0) is 25.1 Å². The third kappa shape index (κ3) is 2.01. The normalized spacial score (nSPS) is 11.1. The Balaban J connectivity index is 2.40. The van der Waals surface area contributed by atoms with E-state index < -0.39 is 0 Å². The topological polar surface area (TPSA) is 69.1 Å². The second kappa shape index (κ2) is 4.36. The summed E-state index contributed by atoms with van der Waals surface area (Å²) in [7, 11) is 0. The molecule has 6 heteroatoms. The van der Waals surface area contributed by atoms with Crippen LogP contribution in [-0.4, -0.2) is 4.98 Å². The Bertz CT molecular complexity index is 838. The molecule has 3 aromatic rings. The van der Waals surface area contributed by atoms with Crippen LogP contribution in [0.15, 0.2) is 32.8 Å². The van der Waals surface area contributed by atoms with E-state index in [9.17, 15) is 4.79 Å². The van der Waals surface area contributed by atoms with Crippen LogP contribution in [0.25, 0.3) is 22.2 Å². The predicted octanol–water partition coefficient (Wildman–Crippen LogP) is 3.46. The zero-order valence-corrected chi connectivity index (χ0v) is 11.5. The molecule has 2 N–H and O–H groups in total. The smallest absolute Gasteiger partial charge is 0.202 e. The van der Waals surface area contributed by atoms with Crippen LogP contribution < -0.4 is 11.2 Å². The molecule has 4 nitrogen and oxygen atoms in total. The van der Waals surface area contributed by atoms with E-state index in [-0.39, 0.29) is 5.43 Å². The number of nitrogens with two attached hydrogens (primary N) is 1. The maximum absolute atomic E-state index is 12.5. The van der Waals surface area contributed by atoms with Gasteiger partial charge in [0.2, 0.25) is 5.43 Å². The molecule has 1 aromatic carbocycles. The molecule has 0 saturated heterocycles. The Morgan fingerprint density at radius 1 is 1.42 bits per heavy atom. The van der Waals surface area contributed by atoms with Gasteiger partial charge in [-0.2, -0.15) is 0 Å². The third-order valence-electron chi connectivity index (χ3n) is 2.81. The number of nitrogens with zero attached hydrogens (tertiary/aromatic N) is 1. The number of halogens is 1. The Morgan fingerprint density at radius 3 is 2.89 bits per heavy atom. The van der Waals surface area contributed by atoms with Crippen LogP contribution in [0.3, 0.4) is 0 Å². The molecule has 96 valence electrons. The fourth-order valence-electron chi connectivity index (χ4n) is 1.98. The number of hydrogen-bond donors (Lipinski definition) is 1.